The number of amides is 1. The summed E-state index contributed by atoms with van der Waals surface area (Å²) in [5, 5.41) is 3.87. The third-order valence-electron chi connectivity index (χ3n) is 5.93. The molecule has 0 saturated carbocycles. The number of aryl methyl sites for hydroxylation is 2. The molecule has 4 rings (SSSR count). The van der Waals surface area contributed by atoms with Crippen LogP contribution < -0.4 is 5.32 Å². The molecule has 3 aromatic rings. The van der Waals surface area contributed by atoms with Crippen LogP contribution in [0.1, 0.15) is 63.2 Å². The quantitative estimate of drug-likeness (QED) is 0.435. The van der Waals surface area contributed by atoms with E-state index in [1.54, 1.807) is 29.7 Å². The van der Waals surface area contributed by atoms with Gasteiger partial charge < -0.3 is 5.32 Å². The molecule has 0 fully saturated rings. The molecule has 0 radical (unpaired) electrons. The first kappa shape index (κ1) is 21.4. The van der Waals surface area contributed by atoms with Crippen molar-refractivity contribution >= 4 is 34.1 Å². The highest BCUT2D eigenvalue weighted by molar-refractivity contribution is 7.16. The fourth-order valence-corrected chi connectivity index (χ4v) is 5.21. The molecule has 1 aromatic heterocycles. The van der Waals surface area contributed by atoms with E-state index in [4.69, 9.17) is 0 Å². The predicted octanol–water partition coefficient (Wildman–Crippen LogP) is 7.17. The van der Waals surface area contributed by atoms with E-state index in [0.717, 1.165) is 58.6 Å². The molecule has 0 atom stereocenters. The summed E-state index contributed by atoms with van der Waals surface area (Å²) in [4.78, 5) is 19.4. The Bertz CT molecular complexity index is 1120. The molecule has 1 amide bonds. The van der Waals surface area contributed by atoms with Crippen molar-refractivity contribution in [3.8, 4) is 0 Å². The number of nitrogens with zero attached hydrogens (tertiary/aromatic N) is 1. The van der Waals surface area contributed by atoms with Crippen LogP contribution in [-0.2, 0) is 12.8 Å². The lowest BCUT2D eigenvalue weighted by atomic mass is 9.96. The van der Waals surface area contributed by atoms with Crippen LogP contribution in [0, 0.1) is 19.7 Å². The number of hydrogen-bond donors (Lipinski definition) is 1. The van der Waals surface area contributed by atoms with Crippen LogP contribution in [0.15, 0.2) is 47.5 Å². The van der Waals surface area contributed by atoms with Crippen LogP contribution in [-0.4, -0.2) is 12.1 Å². The van der Waals surface area contributed by atoms with Gasteiger partial charge in [-0.1, -0.05) is 37.1 Å². The number of benzene rings is 2. The number of nitrogens with one attached hydrogen (secondary N) is 1. The molecule has 0 saturated heterocycles. The molecule has 0 aliphatic heterocycles. The highest BCUT2D eigenvalue weighted by Crippen LogP contribution is 2.39. The van der Waals surface area contributed by atoms with Gasteiger partial charge in [0, 0.05) is 16.8 Å². The minimum Gasteiger partial charge on any atom is -0.322 e. The maximum Gasteiger partial charge on any atom is 0.259 e. The molecule has 2 aromatic carbocycles. The summed E-state index contributed by atoms with van der Waals surface area (Å²) in [6.45, 7) is 4.07. The Hall–Kier alpha value is -2.79. The van der Waals surface area contributed by atoms with Gasteiger partial charge in [-0.15, -0.1) is 11.3 Å². The second kappa shape index (κ2) is 9.56. The fraction of sp³-hybridized carbons (Fsp3) is 0.308. The average molecular weight is 435 g/mol. The predicted molar refractivity (Wildman–Crippen MR) is 128 cm³/mol. The standard InChI is InChI=1S/C26H27FN2OS/c1-17-8-7-10-22(18(17)2)29-25(30)24-21-9-5-3-4-6-11-23(21)31-26(24)28-16-19-12-14-20(27)15-13-19/h7-8,10,12-16H,3-6,9,11H2,1-2H3,(H,29,30). The lowest BCUT2D eigenvalue weighted by Gasteiger charge is -2.13. The van der Waals surface area contributed by atoms with Crippen molar-refractivity contribution in [3.05, 3.63) is 81.0 Å². The molecular formula is C26H27FN2OS. The first-order valence-corrected chi connectivity index (χ1v) is 11.7. The molecule has 1 aliphatic rings. The van der Waals surface area contributed by atoms with E-state index in [-0.39, 0.29) is 11.7 Å². The van der Waals surface area contributed by atoms with Gasteiger partial charge in [0.2, 0.25) is 0 Å². The Labute approximate surface area is 187 Å². The van der Waals surface area contributed by atoms with Crippen molar-refractivity contribution in [2.75, 3.05) is 5.32 Å². The molecule has 5 heteroatoms. The third kappa shape index (κ3) is 4.93. The number of hydrogen-bond acceptors (Lipinski definition) is 3. The molecule has 160 valence electrons. The van der Waals surface area contributed by atoms with Gasteiger partial charge in [-0.3, -0.25) is 4.79 Å². The SMILES string of the molecule is Cc1cccc(NC(=O)c2c(N=Cc3ccc(F)cc3)sc3c2CCCCCC3)c1C. The third-order valence-corrected chi connectivity index (χ3v) is 7.13. The number of carbonyl (C=O) groups is 1. The smallest absolute Gasteiger partial charge is 0.259 e. The van der Waals surface area contributed by atoms with Crippen LogP contribution >= 0.6 is 11.3 Å². The minimum absolute atomic E-state index is 0.0990. The zero-order valence-corrected chi connectivity index (χ0v) is 18.8. The molecule has 1 N–H and O–H groups in total. The molecule has 0 bridgehead atoms. The van der Waals surface area contributed by atoms with E-state index in [2.05, 4.69) is 10.3 Å². The summed E-state index contributed by atoms with van der Waals surface area (Å²) in [6, 6.07) is 12.2. The van der Waals surface area contributed by atoms with E-state index < -0.39 is 0 Å². The maximum atomic E-state index is 13.5. The lowest BCUT2D eigenvalue weighted by Crippen LogP contribution is -2.15. The van der Waals surface area contributed by atoms with Crippen molar-refractivity contribution < 1.29 is 9.18 Å². The number of aliphatic imine (C=N–C) groups is 1. The van der Waals surface area contributed by atoms with Crippen LogP contribution in [0.5, 0.6) is 0 Å². The number of thiophene rings is 1. The van der Waals surface area contributed by atoms with Crippen molar-refractivity contribution in [1.82, 2.24) is 0 Å². The number of anilines is 1. The van der Waals surface area contributed by atoms with E-state index in [1.807, 2.05) is 32.0 Å². The normalized spacial score (nSPS) is 14.2. The van der Waals surface area contributed by atoms with Gasteiger partial charge in [0.05, 0.1) is 5.56 Å². The van der Waals surface area contributed by atoms with Crippen molar-refractivity contribution in [2.24, 2.45) is 4.99 Å². The van der Waals surface area contributed by atoms with Crippen molar-refractivity contribution in [1.29, 1.82) is 0 Å². The summed E-state index contributed by atoms with van der Waals surface area (Å²) in [5.74, 6) is -0.372. The monoisotopic (exact) mass is 434 g/mol. The Balaban J connectivity index is 1.72. The van der Waals surface area contributed by atoms with E-state index in [9.17, 15) is 9.18 Å². The summed E-state index contributed by atoms with van der Waals surface area (Å²) in [6.07, 6.45) is 8.29. The van der Waals surface area contributed by atoms with Crippen LogP contribution in [0.4, 0.5) is 15.1 Å². The second-order valence-electron chi connectivity index (χ2n) is 8.11. The van der Waals surface area contributed by atoms with Crippen LogP contribution in [0.2, 0.25) is 0 Å². The molecule has 31 heavy (non-hydrogen) atoms. The Kier molecular flexibility index (Phi) is 6.62. The van der Waals surface area contributed by atoms with Crippen molar-refractivity contribution in [3.63, 3.8) is 0 Å². The summed E-state index contributed by atoms with van der Waals surface area (Å²) < 4.78 is 13.2. The van der Waals surface area contributed by atoms with Gasteiger partial charge in [-0.25, -0.2) is 9.38 Å². The first-order chi connectivity index (χ1) is 15.0. The van der Waals surface area contributed by atoms with Gasteiger partial charge >= 0.3 is 0 Å². The fourth-order valence-electron chi connectivity index (χ4n) is 3.98. The minimum atomic E-state index is -0.273. The van der Waals surface area contributed by atoms with E-state index >= 15 is 0 Å². The summed E-state index contributed by atoms with van der Waals surface area (Å²) in [7, 11) is 0. The zero-order chi connectivity index (χ0) is 21.8. The Morgan fingerprint density at radius 3 is 2.55 bits per heavy atom. The summed E-state index contributed by atoms with van der Waals surface area (Å²) >= 11 is 1.62. The topological polar surface area (TPSA) is 41.5 Å². The van der Waals surface area contributed by atoms with Crippen molar-refractivity contribution in [2.45, 2.75) is 52.4 Å². The second-order valence-corrected chi connectivity index (χ2v) is 9.19. The summed E-state index contributed by atoms with van der Waals surface area (Å²) in [5.41, 5.74) is 5.71. The van der Waals surface area contributed by atoms with E-state index in [1.165, 1.54) is 29.9 Å². The van der Waals surface area contributed by atoms with Gasteiger partial charge in [0.25, 0.3) is 5.91 Å². The highest BCUT2D eigenvalue weighted by atomic mass is 32.1. The van der Waals surface area contributed by atoms with Gasteiger partial charge in [0.1, 0.15) is 10.8 Å². The molecule has 3 nitrogen and oxygen atoms in total. The molecule has 1 heterocycles. The molecule has 0 spiro atoms. The molecule has 0 unspecified atom stereocenters. The largest absolute Gasteiger partial charge is 0.322 e. The number of carbonyl (C=O) groups excluding carboxylic acids is 1. The maximum absolute atomic E-state index is 13.5. The number of rotatable bonds is 4. The first-order valence-electron chi connectivity index (χ1n) is 10.8. The zero-order valence-electron chi connectivity index (χ0n) is 18.0. The van der Waals surface area contributed by atoms with Crippen LogP contribution in [0.3, 0.4) is 0 Å². The van der Waals surface area contributed by atoms with E-state index in [0.29, 0.717) is 5.56 Å². The number of halogens is 1. The van der Waals surface area contributed by atoms with Crippen LogP contribution in [0.25, 0.3) is 0 Å². The van der Waals surface area contributed by atoms with Gasteiger partial charge in [0.15, 0.2) is 0 Å². The van der Waals surface area contributed by atoms with Gasteiger partial charge in [-0.2, -0.15) is 0 Å². The van der Waals surface area contributed by atoms with Gasteiger partial charge in [-0.05, 0) is 80.0 Å². The highest BCUT2D eigenvalue weighted by Gasteiger charge is 2.24. The number of fused-ring (bicyclic) bond motifs is 1. The Morgan fingerprint density at radius 2 is 1.77 bits per heavy atom. The Morgan fingerprint density at radius 1 is 1.03 bits per heavy atom. The molecule has 1 aliphatic carbocycles. The average Bonchev–Trinajstić information content (AvgIpc) is 3.07. The lowest BCUT2D eigenvalue weighted by molar-refractivity contribution is 0.102. The molecular weight excluding hydrogens is 407 g/mol.